The maximum Gasteiger partial charge on any atom is 0.252 e. The normalized spacial score (nSPS) is 15.0. The molecular weight excluding hydrogens is 274 g/mol. The summed E-state index contributed by atoms with van der Waals surface area (Å²) in [5.74, 6) is 2.37. The minimum atomic E-state index is 0.122. The fourth-order valence-corrected chi connectivity index (χ4v) is 2.01. The molecule has 21 heavy (non-hydrogen) atoms. The first-order valence-corrected chi connectivity index (χ1v) is 6.86. The Morgan fingerprint density at radius 2 is 2.24 bits per heavy atom. The van der Waals surface area contributed by atoms with Gasteiger partial charge < -0.3 is 18.9 Å². The number of rotatable bonds is 6. The van der Waals surface area contributed by atoms with Gasteiger partial charge in [0.15, 0.2) is 5.82 Å². The van der Waals surface area contributed by atoms with Crippen molar-refractivity contribution in [2.45, 2.75) is 26.6 Å². The molecule has 1 saturated heterocycles. The molecular formula is C13H17N5O3. The number of aryl methyl sites for hydroxylation is 1. The summed E-state index contributed by atoms with van der Waals surface area (Å²) in [5, 5.41) is 3.72. The van der Waals surface area contributed by atoms with Crippen molar-refractivity contribution in [1.29, 1.82) is 0 Å². The topological polar surface area (TPSA) is 86.4 Å². The van der Waals surface area contributed by atoms with Crippen molar-refractivity contribution in [3.8, 4) is 5.88 Å². The van der Waals surface area contributed by atoms with Crippen LogP contribution in [0.4, 0.5) is 5.95 Å². The molecule has 0 saturated carbocycles. The van der Waals surface area contributed by atoms with Gasteiger partial charge in [0.25, 0.3) is 5.89 Å². The lowest BCUT2D eigenvalue weighted by molar-refractivity contribution is 0.00893. The van der Waals surface area contributed by atoms with E-state index >= 15 is 0 Å². The van der Waals surface area contributed by atoms with Crippen LogP contribution in [0.1, 0.15) is 18.6 Å². The van der Waals surface area contributed by atoms with Gasteiger partial charge in [-0.3, -0.25) is 0 Å². The molecule has 8 heteroatoms. The van der Waals surface area contributed by atoms with Crippen LogP contribution in [-0.4, -0.2) is 45.9 Å². The fraction of sp³-hybridized carbons (Fsp3) is 0.538. The molecule has 0 unspecified atom stereocenters. The van der Waals surface area contributed by atoms with Crippen molar-refractivity contribution in [3.05, 3.63) is 24.0 Å². The van der Waals surface area contributed by atoms with Crippen molar-refractivity contribution < 1.29 is 14.0 Å². The Morgan fingerprint density at radius 1 is 1.38 bits per heavy atom. The summed E-state index contributed by atoms with van der Waals surface area (Å²) in [4.78, 5) is 14.7. The number of nitrogens with zero attached hydrogens (tertiary/aromatic N) is 5. The van der Waals surface area contributed by atoms with Crippen molar-refractivity contribution in [1.82, 2.24) is 20.1 Å². The summed E-state index contributed by atoms with van der Waals surface area (Å²) in [6.07, 6.45) is 1.82. The first-order valence-electron chi connectivity index (χ1n) is 6.86. The van der Waals surface area contributed by atoms with E-state index in [9.17, 15) is 0 Å². The lowest BCUT2D eigenvalue weighted by Gasteiger charge is -2.38. The van der Waals surface area contributed by atoms with Crippen molar-refractivity contribution in [3.63, 3.8) is 0 Å². The van der Waals surface area contributed by atoms with E-state index in [1.54, 1.807) is 19.2 Å². The molecule has 3 heterocycles. The number of hydrogen-bond acceptors (Lipinski definition) is 8. The summed E-state index contributed by atoms with van der Waals surface area (Å²) >= 11 is 0. The van der Waals surface area contributed by atoms with Crippen molar-refractivity contribution in [2.24, 2.45) is 0 Å². The van der Waals surface area contributed by atoms with Gasteiger partial charge >= 0.3 is 0 Å². The molecule has 0 spiro atoms. The zero-order valence-electron chi connectivity index (χ0n) is 12.0. The second-order valence-electron chi connectivity index (χ2n) is 4.70. The predicted molar refractivity (Wildman–Crippen MR) is 73.0 cm³/mol. The molecule has 2 aromatic heterocycles. The van der Waals surface area contributed by atoms with Crippen LogP contribution in [0.3, 0.4) is 0 Å². The van der Waals surface area contributed by atoms with E-state index in [0.29, 0.717) is 36.8 Å². The Balaban J connectivity index is 1.48. The van der Waals surface area contributed by atoms with Crippen LogP contribution >= 0.6 is 0 Å². The summed E-state index contributed by atoms with van der Waals surface area (Å²) in [7, 11) is 0. The molecule has 0 radical (unpaired) electrons. The Hall–Kier alpha value is -2.22. The summed E-state index contributed by atoms with van der Waals surface area (Å²) < 4.78 is 16.0. The van der Waals surface area contributed by atoms with Crippen LogP contribution in [0.2, 0.25) is 0 Å². The maximum absolute atomic E-state index is 5.68. The van der Waals surface area contributed by atoms with E-state index in [1.165, 1.54) is 0 Å². The van der Waals surface area contributed by atoms with Crippen LogP contribution < -0.4 is 9.64 Å². The molecule has 0 aromatic carbocycles. The maximum atomic E-state index is 5.68. The highest BCUT2D eigenvalue weighted by Gasteiger charge is 2.30. The molecule has 8 nitrogen and oxygen atoms in total. The molecule has 112 valence electrons. The third-order valence-corrected chi connectivity index (χ3v) is 3.05. The predicted octanol–water partition coefficient (Wildman–Crippen LogP) is 0.972. The Kier molecular flexibility index (Phi) is 3.96. The Morgan fingerprint density at radius 3 is 2.95 bits per heavy atom. The molecule has 3 rings (SSSR count). The Labute approximate surface area is 122 Å². The molecule has 0 bridgehead atoms. The van der Waals surface area contributed by atoms with E-state index in [0.717, 1.165) is 13.1 Å². The number of hydrogen-bond donors (Lipinski definition) is 0. The lowest BCUT2D eigenvalue weighted by Crippen LogP contribution is -2.53. The highest BCUT2D eigenvalue weighted by Crippen LogP contribution is 2.21. The largest absolute Gasteiger partial charge is 0.478 e. The number of anilines is 1. The van der Waals surface area contributed by atoms with Crippen LogP contribution in [-0.2, 0) is 11.3 Å². The monoisotopic (exact) mass is 291 g/mol. The molecule has 1 aliphatic heterocycles. The van der Waals surface area contributed by atoms with Gasteiger partial charge in [-0.05, 0) is 13.8 Å². The van der Waals surface area contributed by atoms with Crippen molar-refractivity contribution in [2.75, 3.05) is 24.6 Å². The van der Waals surface area contributed by atoms with Gasteiger partial charge in [0.2, 0.25) is 11.8 Å². The van der Waals surface area contributed by atoms with E-state index in [1.807, 2.05) is 11.8 Å². The molecule has 0 N–H and O–H groups in total. The second-order valence-corrected chi connectivity index (χ2v) is 4.70. The smallest absolute Gasteiger partial charge is 0.252 e. The first-order chi connectivity index (χ1) is 10.2. The summed E-state index contributed by atoms with van der Waals surface area (Å²) in [5.41, 5.74) is 0. The zero-order valence-corrected chi connectivity index (χ0v) is 12.0. The third-order valence-electron chi connectivity index (χ3n) is 3.05. The SMILES string of the molecule is CCOc1ccnc(N2CC(OCc3nc(C)no3)C2)n1. The first kappa shape index (κ1) is 13.7. The van der Waals surface area contributed by atoms with E-state index < -0.39 is 0 Å². The molecule has 0 amide bonds. The lowest BCUT2D eigenvalue weighted by atomic mass is 10.2. The second kappa shape index (κ2) is 6.04. The molecule has 1 aliphatic rings. The summed E-state index contributed by atoms with van der Waals surface area (Å²) in [6, 6.07) is 1.75. The molecule has 2 aromatic rings. The van der Waals surface area contributed by atoms with Crippen LogP contribution in [0.5, 0.6) is 5.88 Å². The third kappa shape index (κ3) is 3.27. The van der Waals surface area contributed by atoms with Gasteiger partial charge in [-0.1, -0.05) is 5.16 Å². The van der Waals surface area contributed by atoms with Crippen LogP contribution in [0.25, 0.3) is 0 Å². The average molecular weight is 291 g/mol. The van der Waals surface area contributed by atoms with E-state index in [2.05, 4.69) is 20.1 Å². The standard InChI is InChI=1S/C13H17N5O3/c1-3-19-11-4-5-14-13(16-11)18-6-10(7-18)20-8-12-15-9(2)17-21-12/h4-5,10H,3,6-8H2,1-2H3. The van der Waals surface area contributed by atoms with Gasteiger partial charge in [0.1, 0.15) is 6.61 Å². The minimum absolute atomic E-state index is 0.122. The highest BCUT2D eigenvalue weighted by molar-refractivity contribution is 5.36. The van der Waals surface area contributed by atoms with Crippen LogP contribution in [0, 0.1) is 6.92 Å². The highest BCUT2D eigenvalue weighted by atomic mass is 16.5. The van der Waals surface area contributed by atoms with Crippen LogP contribution in [0.15, 0.2) is 16.8 Å². The average Bonchev–Trinajstić information content (AvgIpc) is 2.84. The minimum Gasteiger partial charge on any atom is -0.478 e. The van der Waals surface area contributed by atoms with Gasteiger partial charge in [-0.15, -0.1) is 0 Å². The van der Waals surface area contributed by atoms with Gasteiger partial charge in [-0.2, -0.15) is 9.97 Å². The quantitative estimate of drug-likeness (QED) is 0.778. The summed E-state index contributed by atoms with van der Waals surface area (Å²) in [6.45, 7) is 6.10. The molecule has 0 atom stereocenters. The Bertz CT molecular complexity index is 597. The van der Waals surface area contributed by atoms with E-state index in [4.69, 9.17) is 14.0 Å². The zero-order chi connectivity index (χ0) is 14.7. The van der Waals surface area contributed by atoms with Gasteiger partial charge in [0.05, 0.1) is 12.7 Å². The van der Waals surface area contributed by atoms with E-state index in [-0.39, 0.29) is 6.10 Å². The fourth-order valence-electron chi connectivity index (χ4n) is 2.01. The number of aromatic nitrogens is 4. The van der Waals surface area contributed by atoms with Crippen molar-refractivity contribution >= 4 is 5.95 Å². The molecule has 0 aliphatic carbocycles. The van der Waals surface area contributed by atoms with Gasteiger partial charge in [0, 0.05) is 25.4 Å². The number of ether oxygens (including phenoxy) is 2. The molecule has 1 fully saturated rings. The van der Waals surface area contributed by atoms with Gasteiger partial charge in [-0.25, -0.2) is 4.98 Å².